The van der Waals surface area contributed by atoms with Crippen molar-refractivity contribution in [3.63, 3.8) is 0 Å². The number of rotatable bonds is 3. The van der Waals surface area contributed by atoms with Crippen LogP contribution in [0, 0.1) is 0 Å². The Balaban J connectivity index is 4.06. The molecule has 0 saturated carbocycles. The van der Waals surface area contributed by atoms with Crippen molar-refractivity contribution >= 4 is 5.97 Å². The number of methoxy groups -OCH3 is 1. The van der Waals surface area contributed by atoms with Crippen molar-refractivity contribution in [3.05, 3.63) is 11.6 Å². The lowest BCUT2D eigenvalue weighted by molar-refractivity contribution is -0.136. The van der Waals surface area contributed by atoms with Gasteiger partial charge in [-0.25, -0.2) is 4.79 Å². The van der Waals surface area contributed by atoms with Crippen LogP contribution in [0.1, 0.15) is 13.3 Å². The maximum absolute atomic E-state index is 10.7. The van der Waals surface area contributed by atoms with Gasteiger partial charge in [-0.15, -0.1) is 0 Å². The molecule has 0 amide bonds. The fourth-order valence-electron chi connectivity index (χ4n) is 0.590. The van der Waals surface area contributed by atoms with Gasteiger partial charge in [-0.2, -0.15) is 0 Å². The summed E-state index contributed by atoms with van der Waals surface area (Å²) in [6.07, 6.45) is 2.37. The molecule has 0 heterocycles. The Labute approximate surface area is 60.3 Å². The van der Waals surface area contributed by atoms with Gasteiger partial charge >= 0.3 is 5.97 Å². The fraction of sp³-hybridized carbons (Fsp3) is 0.571. The maximum Gasteiger partial charge on any atom is 0.335 e. The normalized spacial score (nSPS) is 11.3. The van der Waals surface area contributed by atoms with Crippen molar-refractivity contribution in [2.24, 2.45) is 0 Å². The molecule has 58 valence electrons. The van der Waals surface area contributed by atoms with Crippen LogP contribution < -0.4 is 0 Å². The topological polar surface area (TPSA) is 46.5 Å². The summed E-state index contributed by atoms with van der Waals surface area (Å²) in [5.41, 5.74) is 0.324. The number of aliphatic hydroxyl groups excluding tert-OH is 1. The quantitative estimate of drug-likeness (QED) is 0.463. The van der Waals surface area contributed by atoms with E-state index >= 15 is 0 Å². The van der Waals surface area contributed by atoms with Crippen molar-refractivity contribution in [1.82, 2.24) is 0 Å². The number of carbonyl (C=O) groups is 1. The fourth-order valence-corrected chi connectivity index (χ4v) is 0.590. The van der Waals surface area contributed by atoms with Gasteiger partial charge in [-0.3, -0.25) is 0 Å². The average Bonchev–Trinajstić information content (AvgIpc) is 1.99. The van der Waals surface area contributed by atoms with Crippen LogP contribution in [0.4, 0.5) is 0 Å². The molecule has 0 saturated heterocycles. The highest BCUT2D eigenvalue weighted by atomic mass is 16.5. The van der Waals surface area contributed by atoms with Gasteiger partial charge in [0.15, 0.2) is 0 Å². The molecule has 0 fully saturated rings. The highest BCUT2D eigenvalue weighted by Crippen LogP contribution is 1.97. The van der Waals surface area contributed by atoms with E-state index in [4.69, 9.17) is 5.11 Å². The molecule has 0 rings (SSSR count). The Kier molecular flexibility index (Phi) is 4.58. The molecular formula is C7H12O3. The number of hydrogen-bond acceptors (Lipinski definition) is 3. The number of aliphatic hydroxyl groups is 1. The minimum Gasteiger partial charge on any atom is -0.466 e. The molecule has 0 aliphatic rings. The SMILES string of the molecule is CCC=C(CO)C(=O)OC. The molecule has 1 N–H and O–H groups in total. The Morgan fingerprint density at radius 2 is 2.30 bits per heavy atom. The first kappa shape index (κ1) is 9.17. The lowest BCUT2D eigenvalue weighted by Gasteiger charge is -1.98. The minimum atomic E-state index is -0.454. The van der Waals surface area contributed by atoms with Gasteiger partial charge in [-0.1, -0.05) is 13.0 Å². The van der Waals surface area contributed by atoms with Crippen molar-refractivity contribution in [2.45, 2.75) is 13.3 Å². The minimum absolute atomic E-state index is 0.249. The molecule has 0 aromatic carbocycles. The second kappa shape index (κ2) is 4.99. The highest BCUT2D eigenvalue weighted by Gasteiger charge is 2.05. The van der Waals surface area contributed by atoms with Crippen LogP contribution in [0.5, 0.6) is 0 Å². The van der Waals surface area contributed by atoms with E-state index in [-0.39, 0.29) is 6.61 Å². The molecular weight excluding hydrogens is 132 g/mol. The molecule has 0 aliphatic carbocycles. The molecule has 0 aromatic rings. The van der Waals surface area contributed by atoms with Crippen LogP contribution in [-0.4, -0.2) is 24.8 Å². The largest absolute Gasteiger partial charge is 0.466 e. The van der Waals surface area contributed by atoms with Crippen LogP contribution in [-0.2, 0) is 9.53 Å². The molecule has 0 atom stereocenters. The third-order valence-electron chi connectivity index (χ3n) is 1.07. The highest BCUT2D eigenvalue weighted by molar-refractivity contribution is 5.88. The zero-order valence-corrected chi connectivity index (χ0v) is 6.26. The molecule has 3 nitrogen and oxygen atoms in total. The standard InChI is InChI=1S/C7H12O3/c1-3-4-6(5-8)7(9)10-2/h4,8H,3,5H2,1-2H3. The van der Waals surface area contributed by atoms with E-state index in [1.807, 2.05) is 6.92 Å². The van der Waals surface area contributed by atoms with Gasteiger partial charge in [0.25, 0.3) is 0 Å². The monoisotopic (exact) mass is 144 g/mol. The molecule has 10 heavy (non-hydrogen) atoms. The molecule has 0 aromatic heterocycles. The van der Waals surface area contributed by atoms with Gasteiger partial charge < -0.3 is 9.84 Å². The summed E-state index contributed by atoms with van der Waals surface area (Å²) in [6.45, 7) is 1.64. The van der Waals surface area contributed by atoms with Crippen LogP contribution in [0.25, 0.3) is 0 Å². The Morgan fingerprint density at radius 1 is 1.70 bits per heavy atom. The number of ether oxygens (including phenoxy) is 1. The summed E-state index contributed by atoms with van der Waals surface area (Å²) in [6, 6.07) is 0. The molecule has 3 heteroatoms. The van der Waals surface area contributed by atoms with E-state index in [9.17, 15) is 4.79 Å². The van der Waals surface area contributed by atoms with E-state index in [1.54, 1.807) is 6.08 Å². The first-order chi connectivity index (χ1) is 4.76. The van der Waals surface area contributed by atoms with Gasteiger partial charge in [0.2, 0.25) is 0 Å². The lowest BCUT2D eigenvalue weighted by Crippen LogP contribution is -2.07. The second-order valence-corrected chi connectivity index (χ2v) is 1.79. The van der Waals surface area contributed by atoms with E-state index in [0.29, 0.717) is 5.57 Å². The van der Waals surface area contributed by atoms with Crippen LogP contribution in [0.3, 0.4) is 0 Å². The van der Waals surface area contributed by atoms with Gasteiger partial charge in [0.05, 0.1) is 19.3 Å². The molecule has 0 bridgehead atoms. The van der Waals surface area contributed by atoms with E-state index in [2.05, 4.69) is 4.74 Å². The average molecular weight is 144 g/mol. The lowest BCUT2D eigenvalue weighted by atomic mass is 10.2. The number of allylic oxidation sites excluding steroid dienone is 1. The summed E-state index contributed by atoms with van der Waals surface area (Å²) < 4.78 is 4.39. The summed E-state index contributed by atoms with van der Waals surface area (Å²) in [4.78, 5) is 10.7. The predicted octanol–water partition coefficient (Wildman–Crippen LogP) is 0.488. The number of carbonyl (C=O) groups excluding carboxylic acids is 1. The van der Waals surface area contributed by atoms with E-state index in [1.165, 1.54) is 7.11 Å². The third kappa shape index (κ3) is 2.64. The Bertz CT molecular complexity index is 138. The van der Waals surface area contributed by atoms with Crippen LogP contribution >= 0.6 is 0 Å². The third-order valence-corrected chi connectivity index (χ3v) is 1.07. The molecule has 0 aliphatic heterocycles. The summed E-state index contributed by atoms with van der Waals surface area (Å²) in [7, 11) is 1.29. The number of hydrogen-bond donors (Lipinski definition) is 1. The van der Waals surface area contributed by atoms with Gasteiger partial charge in [-0.05, 0) is 6.42 Å². The van der Waals surface area contributed by atoms with Gasteiger partial charge in [0, 0.05) is 0 Å². The van der Waals surface area contributed by atoms with Gasteiger partial charge in [0.1, 0.15) is 0 Å². The summed E-state index contributed by atoms with van der Waals surface area (Å²) in [5.74, 6) is -0.454. The van der Waals surface area contributed by atoms with E-state index in [0.717, 1.165) is 6.42 Å². The second-order valence-electron chi connectivity index (χ2n) is 1.79. The first-order valence-corrected chi connectivity index (χ1v) is 3.14. The Hall–Kier alpha value is -0.830. The van der Waals surface area contributed by atoms with E-state index < -0.39 is 5.97 Å². The predicted molar refractivity (Wildman–Crippen MR) is 37.5 cm³/mol. The van der Waals surface area contributed by atoms with Crippen molar-refractivity contribution in [1.29, 1.82) is 0 Å². The molecule has 0 spiro atoms. The van der Waals surface area contributed by atoms with Crippen molar-refractivity contribution < 1.29 is 14.6 Å². The first-order valence-electron chi connectivity index (χ1n) is 3.14. The van der Waals surface area contributed by atoms with Crippen molar-refractivity contribution in [2.75, 3.05) is 13.7 Å². The van der Waals surface area contributed by atoms with Crippen molar-refractivity contribution in [3.8, 4) is 0 Å². The summed E-state index contributed by atoms with van der Waals surface area (Å²) in [5, 5.41) is 8.59. The number of esters is 1. The van der Waals surface area contributed by atoms with Crippen LogP contribution in [0.15, 0.2) is 11.6 Å². The smallest absolute Gasteiger partial charge is 0.335 e. The molecule has 0 unspecified atom stereocenters. The van der Waals surface area contributed by atoms with Crippen LogP contribution in [0.2, 0.25) is 0 Å². The maximum atomic E-state index is 10.7. The zero-order chi connectivity index (χ0) is 7.98. The zero-order valence-electron chi connectivity index (χ0n) is 6.26. The summed E-state index contributed by atoms with van der Waals surface area (Å²) >= 11 is 0. The Morgan fingerprint density at radius 3 is 2.60 bits per heavy atom. The molecule has 0 radical (unpaired) electrons.